The van der Waals surface area contributed by atoms with Crippen LogP contribution in [0.15, 0.2) is 0 Å². The van der Waals surface area contributed by atoms with Crippen molar-refractivity contribution in [3.05, 3.63) is 5.92 Å². The summed E-state index contributed by atoms with van der Waals surface area (Å²) in [5, 5.41) is 23.5. The number of carboxylic acid groups (broad SMARTS) is 1. The fourth-order valence-corrected chi connectivity index (χ4v) is 0.121. The first-order chi connectivity index (χ1) is 3.72. The van der Waals surface area contributed by atoms with Gasteiger partial charge in [-0.05, 0) is 0 Å². The van der Waals surface area contributed by atoms with Crippen molar-refractivity contribution < 1.29 is 61.3 Å². The SMILES string of the molecule is N#C[C-](C#N)C(=O)O.[K+]. The zero-order valence-corrected chi connectivity index (χ0v) is 7.87. The normalized spacial score (nSPS) is 5.56. The van der Waals surface area contributed by atoms with Gasteiger partial charge in [-0.25, -0.2) is 10.5 Å². The summed E-state index contributed by atoms with van der Waals surface area (Å²) in [6.45, 7) is 0. The molecule has 0 saturated carbocycles. The average molecular weight is 148 g/mol. The van der Waals surface area contributed by atoms with Crippen molar-refractivity contribution in [1.29, 1.82) is 10.5 Å². The van der Waals surface area contributed by atoms with E-state index >= 15 is 0 Å². The fourth-order valence-electron chi connectivity index (χ4n) is 0.121. The summed E-state index contributed by atoms with van der Waals surface area (Å²) in [5.74, 6) is -2.26. The number of rotatable bonds is 1. The molecule has 0 unspecified atom stereocenters. The molecule has 0 atom stereocenters. The summed E-state index contributed by atoms with van der Waals surface area (Å²) >= 11 is 0. The van der Waals surface area contributed by atoms with Gasteiger partial charge in [-0.2, -0.15) is 0 Å². The van der Waals surface area contributed by atoms with Crippen molar-refractivity contribution >= 4 is 5.97 Å². The van der Waals surface area contributed by atoms with Gasteiger partial charge in [-0.3, -0.25) is 4.79 Å². The molecule has 0 aliphatic heterocycles. The van der Waals surface area contributed by atoms with Gasteiger partial charge >= 0.3 is 51.4 Å². The first kappa shape index (κ1) is 11.7. The van der Waals surface area contributed by atoms with Gasteiger partial charge in [-0.15, -0.1) is 0 Å². The van der Waals surface area contributed by atoms with Crippen LogP contribution in [0.2, 0.25) is 0 Å². The number of hydrogen-bond acceptors (Lipinski definition) is 3. The zero-order chi connectivity index (χ0) is 6.57. The van der Waals surface area contributed by atoms with E-state index in [0.717, 1.165) is 0 Å². The van der Waals surface area contributed by atoms with Crippen LogP contribution in [0.4, 0.5) is 0 Å². The Kier molecular flexibility index (Phi) is 7.92. The van der Waals surface area contributed by atoms with Crippen molar-refractivity contribution in [2.75, 3.05) is 0 Å². The van der Waals surface area contributed by atoms with Gasteiger partial charge in [0.15, 0.2) is 5.97 Å². The van der Waals surface area contributed by atoms with E-state index in [1.807, 2.05) is 0 Å². The predicted molar refractivity (Wildman–Crippen MR) is 22.1 cm³/mol. The van der Waals surface area contributed by atoms with Gasteiger partial charge in [0.1, 0.15) is 0 Å². The van der Waals surface area contributed by atoms with E-state index in [4.69, 9.17) is 15.6 Å². The quantitative estimate of drug-likeness (QED) is 0.312. The summed E-state index contributed by atoms with van der Waals surface area (Å²) in [7, 11) is 0. The van der Waals surface area contributed by atoms with Crippen LogP contribution >= 0.6 is 0 Å². The van der Waals surface area contributed by atoms with E-state index in [1.54, 1.807) is 0 Å². The van der Waals surface area contributed by atoms with Crippen LogP contribution in [0.1, 0.15) is 0 Å². The molecule has 0 saturated heterocycles. The molecule has 4 nitrogen and oxygen atoms in total. The minimum atomic E-state index is -1.48. The molecule has 0 aliphatic carbocycles. The fraction of sp³-hybridized carbons (Fsp3) is 0. The standard InChI is InChI=1S/C4HN2O2.K/c5-1-3(2-6)4(7)8;/h(H,7,8);/q-1;+1. The minimum absolute atomic E-state index is 0. The molecule has 0 fully saturated rings. The van der Waals surface area contributed by atoms with Crippen molar-refractivity contribution in [2.24, 2.45) is 0 Å². The predicted octanol–water partition coefficient (Wildman–Crippen LogP) is -3.30. The third kappa shape index (κ3) is 4.46. The van der Waals surface area contributed by atoms with Crippen molar-refractivity contribution in [3.8, 4) is 12.1 Å². The molecular formula is C4HKN2O2. The molecule has 0 radical (unpaired) electrons. The number of hydrogen-bond donors (Lipinski definition) is 1. The molecule has 0 aromatic heterocycles. The Morgan fingerprint density at radius 1 is 1.44 bits per heavy atom. The molecule has 5 heteroatoms. The van der Waals surface area contributed by atoms with Gasteiger partial charge in [-0.1, -0.05) is 18.1 Å². The average Bonchev–Trinajstić information content (AvgIpc) is 1.69. The maximum atomic E-state index is 9.68. The van der Waals surface area contributed by atoms with Gasteiger partial charge < -0.3 is 5.11 Å². The van der Waals surface area contributed by atoms with E-state index in [-0.39, 0.29) is 51.4 Å². The molecule has 40 valence electrons. The van der Waals surface area contributed by atoms with E-state index in [2.05, 4.69) is 0 Å². The Hall–Kier alpha value is -0.0436. The zero-order valence-electron chi connectivity index (χ0n) is 4.75. The van der Waals surface area contributed by atoms with Gasteiger partial charge in [0.25, 0.3) is 0 Å². The topological polar surface area (TPSA) is 84.9 Å². The molecular weight excluding hydrogens is 147 g/mol. The van der Waals surface area contributed by atoms with Crippen LogP contribution in [0.5, 0.6) is 0 Å². The molecule has 0 amide bonds. The summed E-state index contributed by atoms with van der Waals surface area (Å²) in [4.78, 5) is 9.68. The molecule has 0 aromatic carbocycles. The molecule has 0 heterocycles. The maximum absolute atomic E-state index is 9.68. The third-order valence-electron chi connectivity index (χ3n) is 0.437. The van der Waals surface area contributed by atoms with E-state index in [9.17, 15) is 4.79 Å². The number of nitrogens with zero attached hydrogens (tertiary/aromatic N) is 2. The summed E-state index contributed by atoms with van der Waals surface area (Å²) < 4.78 is 0. The molecule has 0 rings (SSSR count). The Bertz CT molecular complexity index is 164. The van der Waals surface area contributed by atoms with Crippen molar-refractivity contribution in [3.63, 3.8) is 0 Å². The minimum Gasteiger partial charge on any atom is -0.502 e. The number of carbonyl (C=O) groups is 1. The summed E-state index contributed by atoms with van der Waals surface area (Å²) in [6, 6.07) is 2.41. The van der Waals surface area contributed by atoms with E-state index in [0.29, 0.717) is 0 Å². The smallest absolute Gasteiger partial charge is 0.502 e. The van der Waals surface area contributed by atoms with Crippen molar-refractivity contribution in [2.45, 2.75) is 0 Å². The van der Waals surface area contributed by atoms with E-state index < -0.39 is 11.9 Å². The van der Waals surface area contributed by atoms with Crippen LogP contribution < -0.4 is 51.4 Å². The Morgan fingerprint density at radius 2 is 1.78 bits per heavy atom. The van der Waals surface area contributed by atoms with Crippen LogP contribution in [0.25, 0.3) is 0 Å². The first-order valence-electron chi connectivity index (χ1n) is 1.62. The number of aliphatic carboxylic acids is 1. The van der Waals surface area contributed by atoms with Gasteiger partial charge in [0.05, 0.1) is 0 Å². The Morgan fingerprint density at radius 3 is 1.78 bits per heavy atom. The second kappa shape index (κ2) is 6.08. The van der Waals surface area contributed by atoms with Crippen LogP contribution in [0.3, 0.4) is 0 Å². The van der Waals surface area contributed by atoms with Crippen molar-refractivity contribution in [1.82, 2.24) is 0 Å². The number of nitriles is 2. The van der Waals surface area contributed by atoms with Crippen LogP contribution in [-0.4, -0.2) is 11.1 Å². The first-order valence-corrected chi connectivity index (χ1v) is 1.62. The summed E-state index contributed by atoms with van der Waals surface area (Å²) in [6.07, 6.45) is 0. The third-order valence-corrected chi connectivity index (χ3v) is 0.437. The molecule has 9 heavy (non-hydrogen) atoms. The molecule has 0 aliphatic rings. The molecule has 0 bridgehead atoms. The van der Waals surface area contributed by atoms with Crippen LogP contribution in [-0.2, 0) is 4.79 Å². The second-order valence-corrected chi connectivity index (χ2v) is 0.904. The monoisotopic (exact) mass is 148 g/mol. The van der Waals surface area contributed by atoms with Crippen LogP contribution in [0, 0.1) is 28.6 Å². The number of carboxylic acids is 1. The van der Waals surface area contributed by atoms with E-state index in [1.165, 1.54) is 12.1 Å². The molecule has 0 spiro atoms. The largest absolute Gasteiger partial charge is 1.00 e. The van der Waals surface area contributed by atoms with Gasteiger partial charge in [0.2, 0.25) is 0 Å². The maximum Gasteiger partial charge on any atom is 1.00 e. The molecule has 0 aromatic rings. The Balaban J connectivity index is 0. The Labute approximate surface area is 94.5 Å². The van der Waals surface area contributed by atoms with Gasteiger partial charge in [0, 0.05) is 0 Å². The molecule has 1 N–H and O–H groups in total. The summed E-state index contributed by atoms with van der Waals surface area (Å²) in [5.41, 5.74) is 0. The second-order valence-electron chi connectivity index (χ2n) is 0.904.